The third kappa shape index (κ3) is 5.60. The fourth-order valence-corrected chi connectivity index (χ4v) is 4.62. The van der Waals surface area contributed by atoms with Crippen LogP contribution in [0.25, 0.3) is 0 Å². The molecule has 0 spiro atoms. The molecule has 5 heteroatoms. The fourth-order valence-electron chi connectivity index (χ4n) is 4.62. The van der Waals surface area contributed by atoms with Gasteiger partial charge in [-0.3, -0.25) is 4.79 Å². The summed E-state index contributed by atoms with van der Waals surface area (Å²) < 4.78 is 16.7. The van der Waals surface area contributed by atoms with E-state index in [4.69, 9.17) is 14.2 Å². The highest BCUT2D eigenvalue weighted by Crippen LogP contribution is 2.43. The molecule has 0 amide bonds. The van der Waals surface area contributed by atoms with Crippen molar-refractivity contribution in [1.82, 2.24) is 0 Å². The summed E-state index contributed by atoms with van der Waals surface area (Å²) in [6.45, 7) is 3.03. The van der Waals surface area contributed by atoms with Crippen LogP contribution in [-0.4, -0.2) is 38.4 Å². The molecule has 1 aromatic carbocycles. The summed E-state index contributed by atoms with van der Waals surface area (Å²) in [7, 11) is 1.45. The van der Waals surface area contributed by atoms with E-state index in [-0.39, 0.29) is 35.8 Å². The van der Waals surface area contributed by atoms with E-state index in [2.05, 4.69) is 25.2 Å². The van der Waals surface area contributed by atoms with E-state index in [0.717, 1.165) is 19.3 Å². The third-order valence-corrected chi connectivity index (χ3v) is 6.12. The Kier molecular flexibility index (Phi) is 8.26. The Morgan fingerprint density at radius 1 is 1.17 bits per heavy atom. The van der Waals surface area contributed by atoms with Crippen LogP contribution in [0.4, 0.5) is 0 Å². The number of carbonyl (C=O) groups excluding carboxylic acids is 2. The van der Waals surface area contributed by atoms with Crippen molar-refractivity contribution < 1.29 is 23.8 Å². The van der Waals surface area contributed by atoms with Crippen molar-refractivity contribution in [2.45, 2.75) is 45.1 Å². The number of benzene rings is 1. The topological polar surface area (TPSA) is 61.8 Å². The molecular weight excluding hydrogens is 380 g/mol. The number of allylic oxidation sites excluding steroid dienone is 2. The summed E-state index contributed by atoms with van der Waals surface area (Å²) in [6.07, 6.45) is 10.6. The molecular formula is C25H32O5. The molecule has 4 atom stereocenters. The number of carbonyl (C=O) groups is 2. The summed E-state index contributed by atoms with van der Waals surface area (Å²) in [5, 5.41) is 0. The quantitative estimate of drug-likeness (QED) is 0.456. The molecule has 30 heavy (non-hydrogen) atoms. The van der Waals surface area contributed by atoms with Gasteiger partial charge in [-0.05, 0) is 50.2 Å². The Hall–Kier alpha value is -2.40. The van der Waals surface area contributed by atoms with Crippen molar-refractivity contribution in [3.63, 3.8) is 0 Å². The molecule has 1 fully saturated rings. The van der Waals surface area contributed by atoms with Gasteiger partial charge in [0.25, 0.3) is 0 Å². The predicted octanol–water partition coefficient (Wildman–Crippen LogP) is 4.73. The van der Waals surface area contributed by atoms with E-state index in [0.29, 0.717) is 31.6 Å². The van der Waals surface area contributed by atoms with E-state index >= 15 is 0 Å². The van der Waals surface area contributed by atoms with Crippen LogP contribution in [0.5, 0.6) is 0 Å². The highest BCUT2D eigenvalue weighted by molar-refractivity contribution is 5.89. The van der Waals surface area contributed by atoms with Crippen molar-refractivity contribution in [3.8, 4) is 0 Å². The molecule has 5 nitrogen and oxygen atoms in total. The number of fused-ring (bicyclic) bond motifs is 1. The minimum absolute atomic E-state index is 0.0522. The van der Waals surface area contributed by atoms with Gasteiger partial charge in [-0.2, -0.15) is 0 Å². The lowest BCUT2D eigenvalue weighted by Crippen LogP contribution is -2.44. The van der Waals surface area contributed by atoms with Crippen LogP contribution < -0.4 is 0 Å². The fraction of sp³-hybridized carbons (Fsp3) is 0.520. The molecule has 1 aliphatic heterocycles. The Labute approximate surface area is 179 Å². The maximum absolute atomic E-state index is 12.3. The molecule has 4 unspecified atom stereocenters. The highest BCUT2D eigenvalue weighted by atomic mass is 16.5. The van der Waals surface area contributed by atoms with Crippen molar-refractivity contribution in [2.24, 2.45) is 17.8 Å². The minimum atomic E-state index is -0.317. The zero-order valence-corrected chi connectivity index (χ0v) is 17.9. The number of hydrogen-bond donors (Lipinski definition) is 0. The number of rotatable bonds is 8. The maximum atomic E-state index is 12.3. The van der Waals surface area contributed by atoms with E-state index < -0.39 is 0 Å². The van der Waals surface area contributed by atoms with E-state index in [1.807, 2.05) is 18.2 Å². The van der Waals surface area contributed by atoms with Crippen LogP contribution in [0.2, 0.25) is 0 Å². The monoisotopic (exact) mass is 412 g/mol. The van der Waals surface area contributed by atoms with E-state index in [1.54, 1.807) is 12.1 Å². The summed E-state index contributed by atoms with van der Waals surface area (Å²) >= 11 is 0. The average molecular weight is 413 g/mol. The van der Waals surface area contributed by atoms with Gasteiger partial charge in [-0.25, -0.2) is 4.79 Å². The molecule has 3 rings (SSSR count). The van der Waals surface area contributed by atoms with Crippen LogP contribution in [-0.2, 0) is 19.0 Å². The van der Waals surface area contributed by atoms with E-state index in [9.17, 15) is 9.59 Å². The largest absolute Gasteiger partial charge is 0.469 e. The maximum Gasteiger partial charge on any atom is 0.338 e. The van der Waals surface area contributed by atoms with Crippen LogP contribution in [0.15, 0.2) is 54.1 Å². The molecule has 1 heterocycles. The Balaban J connectivity index is 1.66. The molecule has 0 radical (unpaired) electrons. The normalized spacial score (nSPS) is 26.0. The van der Waals surface area contributed by atoms with Gasteiger partial charge in [-0.15, -0.1) is 0 Å². The van der Waals surface area contributed by atoms with Crippen molar-refractivity contribution >= 4 is 11.9 Å². The van der Waals surface area contributed by atoms with Gasteiger partial charge in [0, 0.05) is 5.92 Å². The average Bonchev–Trinajstić information content (AvgIpc) is 2.79. The smallest absolute Gasteiger partial charge is 0.338 e. The van der Waals surface area contributed by atoms with Gasteiger partial charge < -0.3 is 14.2 Å². The molecule has 1 aliphatic carbocycles. The molecule has 0 saturated heterocycles. The van der Waals surface area contributed by atoms with Gasteiger partial charge in [0.1, 0.15) is 0 Å². The molecule has 1 aromatic rings. The molecule has 0 bridgehead atoms. The number of methoxy groups -OCH3 is 1. The first kappa shape index (κ1) is 22.3. The summed E-state index contributed by atoms with van der Waals surface area (Å²) in [6, 6.07) is 9.00. The molecule has 0 N–H and O–H groups in total. The van der Waals surface area contributed by atoms with Gasteiger partial charge >= 0.3 is 11.9 Å². The van der Waals surface area contributed by atoms with Crippen LogP contribution in [0.1, 0.15) is 49.4 Å². The second kappa shape index (κ2) is 11.1. The highest BCUT2D eigenvalue weighted by Gasteiger charge is 2.43. The van der Waals surface area contributed by atoms with Crippen molar-refractivity contribution in [2.75, 3.05) is 20.3 Å². The number of ether oxygens (including phenoxy) is 3. The zero-order valence-electron chi connectivity index (χ0n) is 17.9. The molecule has 0 aromatic heterocycles. The standard InChI is InChI=1S/C25H32O5/c1-3-4-6-9-18-12-14-29-23-20(16-21(17-22(18)23)24(26)28-2)13-15-30-25(27)19-10-7-5-8-11-19/h4-8,10-12,20-23H,3,9,13-17H2,1-2H3/b6-4+. The predicted molar refractivity (Wildman–Crippen MR) is 115 cm³/mol. The summed E-state index contributed by atoms with van der Waals surface area (Å²) in [4.78, 5) is 24.6. The first-order valence-corrected chi connectivity index (χ1v) is 10.9. The van der Waals surface area contributed by atoms with Crippen molar-refractivity contribution in [1.29, 1.82) is 0 Å². The molecule has 1 saturated carbocycles. The second-order valence-electron chi connectivity index (χ2n) is 8.01. The lowest BCUT2D eigenvalue weighted by atomic mass is 9.68. The first-order chi connectivity index (χ1) is 14.6. The van der Waals surface area contributed by atoms with Gasteiger partial charge in [0.05, 0.1) is 37.9 Å². The Morgan fingerprint density at radius 2 is 1.97 bits per heavy atom. The molecule has 162 valence electrons. The lowest BCUT2D eigenvalue weighted by Gasteiger charge is -2.44. The summed E-state index contributed by atoms with van der Waals surface area (Å²) in [5.74, 6) is -0.273. The second-order valence-corrected chi connectivity index (χ2v) is 8.01. The van der Waals surface area contributed by atoms with Crippen LogP contribution >= 0.6 is 0 Å². The Bertz CT molecular complexity index is 767. The van der Waals surface area contributed by atoms with Gasteiger partial charge in [0.2, 0.25) is 0 Å². The number of esters is 2. The first-order valence-electron chi connectivity index (χ1n) is 10.9. The van der Waals surface area contributed by atoms with Gasteiger partial charge in [-0.1, -0.05) is 48.9 Å². The third-order valence-electron chi connectivity index (χ3n) is 6.12. The molecule has 2 aliphatic rings. The Morgan fingerprint density at radius 3 is 2.70 bits per heavy atom. The number of hydrogen-bond acceptors (Lipinski definition) is 5. The zero-order chi connectivity index (χ0) is 21.3. The lowest BCUT2D eigenvalue weighted by molar-refractivity contribution is -0.151. The van der Waals surface area contributed by atoms with Crippen molar-refractivity contribution in [3.05, 3.63) is 59.7 Å². The van der Waals surface area contributed by atoms with Crippen LogP contribution in [0, 0.1) is 17.8 Å². The summed E-state index contributed by atoms with van der Waals surface area (Å²) in [5.41, 5.74) is 1.89. The minimum Gasteiger partial charge on any atom is -0.469 e. The SMILES string of the molecule is CC/C=C/CC1=CCOC2C(CCOC(=O)c3ccccc3)CC(C(=O)OC)CC12. The van der Waals surface area contributed by atoms with Crippen LogP contribution in [0.3, 0.4) is 0 Å². The van der Waals surface area contributed by atoms with E-state index in [1.165, 1.54) is 12.7 Å². The van der Waals surface area contributed by atoms with Gasteiger partial charge in [0.15, 0.2) is 0 Å².